The van der Waals surface area contributed by atoms with Gasteiger partial charge in [-0.1, -0.05) is 31.6 Å². The molecule has 1 aromatic heterocycles. The first-order chi connectivity index (χ1) is 12.9. The Kier molecular flexibility index (Phi) is 3.34. The molecular formula is C24H29NO. The van der Waals surface area contributed by atoms with Gasteiger partial charge in [-0.25, -0.2) is 0 Å². The molecule has 0 spiro atoms. The lowest BCUT2D eigenvalue weighted by Crippen LogP contribution is -2.49. The van der Waals surface area contributed by atoms with Gasteiger partial charge in [0.15, 0.2) is 5.78 Å². The van der Waals surface area contributed by atoms with Gasteiger partial charge in [-0.3, -0.25) is 9.78 Å². The van der Waals surface area contributed by atoms with E-state index in [9.17, 15) is 4.79 Å². The summed E-state index contributed by atoms with van der Waals surface area (Å²) >= 11 is 0. The van der Waals surface area contributed by atoms with Gasteiger partial charge in [-0.15, -0.1) is 0 Å². The minimum atomic E-state index is 0.231. The Morgan fingerprint density at radius 2 is 2.04 bits per heavy atom. The summed E-state index contributed by atoms with van der Waals surface area (Å²) in [7, 11) is 0. The minimum absolute atomic E-state index is 0.231. The summed E-state index contributed by atoms with van der Waals surface area (Å²) in [6.45, 7) is 4.92. The van der Waals surface area contributed by atoms with Crippen molar-refractivity contribution in [1.29, 1.82) is 0 Å². The standard InChI is InChI=1S/C24H29NO/c1-23-11-9-18(26)14-17(23)5-6-19-21-8-7-20(16-4-3-13-25-15-16)24(21,2)12-10-22(19)23/h3-4,7,13-15,19,21-22H,5-6,8-12H2,1-2H3/t19?,21?,22?,23-,24+/m0/s1/i13D. The van der Waals surface area contributed by atoms with Gasteiger partial charge in [0.1, 0.15) is 0 Å². The number of hydrogen-bond acceptors (Lipinski definition) is 2. The van der Waals surface area contributed by atoms with Crippen molar-refractivity contribution in [2.45, 2.75) is 58.8 Å². The molecule has 5 atom stereocenters. The van der Waals surface area contributed by atoms with Gasteiger partial charge in [0.25, 0.3) is 0 Å². The molecular weight excluding hydrogens is 318 g/mol. The van der Waals surface area contributed by atoms with E-state index in [0.29, 0.717) is 17.9 Å². The van der Waals surface area contributed by atoms with Crippen molar-refractivity contribution < 1.29 is 6.17 Å². The van der Waals surface area contributed by atoms with E-state index in [1.165, 1.54) is 42.4 Å². The van der Waals surface area contributed by atoms with Crippen molar-refractivity contribution in [2.75, 3.05) is 0 Å². The number of nitrogens with zero attached hydrogens (tertiary/aromatic N) is 1. The highest BCUT2D eigenvalue weighted by molar-refractivity contribution is 5.91. The Hall–Kier alpha value is -1.70. The summed E-state index contributed by atoms with van der Waals surface area (Å²) in [4.78, 5) is 16.2. The predicted octanol–water partition coefficient (Wildman–Crippen LogP) is 5.61. The first-order valence-corrected chi connectivity index (χ1v) is 10.3. The number of allylic oxidation sites excluding steroid dienone is 4. The van der Waals surface area contributed by atoms with Crippen molar-refractivity contribution in [3.8, 4) is 0 Å². The van der Waals surface area contributed by atoms with Gasteiger partial charge in [-0.2, -0.15) is 0 Å². The number of rotatable bonds is 1. The molecule has 0 bridgehead atoms. The summed E-state index contributed by atoms with van der Waals surface area (Å²) in [6.07, 6.45) is 14.5. The Bertz CT molecular complexity index is 854. The molecule has 5 rings (SSSR count). The third-order valence-electron chi connectivity index (χ3n) is 8.47. The van der Waals surface area contributed by atoms with Crippen LogP contribution in [0.4, 0.5) is 0 Å². The second-order valence-corrected chi connectivity index (χ2v) is 9.45. The van der Waals surface area contributed by atoms with E-state index in [4.69, 9.17) is 1.37 Å². The van der Waals surface area contributed by atoms with Crippen molar-refractivity contribution in [2.24, 2.45) is 28.6 Å². The van der Waals surface area contributed by atoms with Gasteiger partial charge in [0, 0.05) is 18.8 Å². The second-order valence-electron chi connectivity index (χ2n) is 9.45. The Morgan fingerprint density at radius 3 is 2.85 bits per heavy atom. The monoisotopic (exact) mass is 348 g/mol. The maximum Gasteiger partial charge on any atom is 0.155 e. The van der Waals surface area contributed by atoms with Crippen molar-refractivity contribution >= 4 is 11.4 Å². The lowest BCUT2D eigenvalue weighted by molar-refractivity contribution is -0.117. The average Bonchev–Trinajstić information content (AvgIpc) is 3.00. The quantitative estimate of drug-likeness (QED) is 0.660. The molecule has 0 N–H and O–H groups in total. The molecule has 2 fully saturated rings. The number of fused-ring (bicyclic) bond motifs is 5. The van der Waals surface area contributed by atoms with Crippen LogP contribution in [0, 0.1) is 28.6 Å². The lowest BCUT2D eigenvalue weighted by Gasteiger charge is -2.57. The van der Waals surface area contributed by atoms with E-state index in [2.05, 4.69) is 31.0 Å². The molecule has 136 valence electrons. The zero-order chi connectivity index (χ0) is 18.8. The highest BCUT2D eigenvalue weighted by atomic mass is 16.1. The number of aromatic nitrogens is 1. The lowest BCUT2D eigenvalue weighted by atomic mass is 9.46. The predicted molar refractivity (Wildman–Crippen MR) is 104 cm³/mol. The fourth-order valence-electron chi connectivity index (χ4n) is 7.05. The molecule has 0 aliphatic heterocycles. The van der Waals surface area contributed by atoms with Crippen molar-refractivity contribution in [3.05, 3.63) is 47.8 Å². The third-order valence-corrected chi connectivity index (χ3v) is 8.47. The average molecular weight is 349 g/mol. The van der Waals surface area contributed by atoms with E-state index in [0.717, 1.165) is 31.1 Å². The molecule has 2 heteroatoms. The molecule has 0 saturated heterocycles. The topological polar surface area (TPSA) is 30.0 Å². The Morgan fingerprint density at radius 1 is 1.15 bits per heavy atom. The summed E-state index contributed by atoms with van der Waals surface area (Å²) in [5, 5.41) is 0. The molecule has 4 aliphatic carbocycles. The number of ketones is 1. The Balaban J connectivity index is 1.47. The highest BCUT2D eigenvalue weighted by Crippen LogP contribution is 2.66. The van der Waals surface area contributed by atoms with Crippen LogP contribution in [0.1, 0.15) is 65.7 Å². The molecule has 4 aliphatic rings. The van der Waals surface area contributed by atoms with Crippen LogP contribution in [-0.2, 0) is 4.79 Å². The van der Waals surface area contributed by atoms with Crippen LogP contribution in [0.2, 0.25) is 0 Å². The molecule has 0 amide bonds. The number of hydrogen-bond donors (Lipinski definition) is 0. The summed E-state index contributed by atoms with van der Waals surface area (Å²) in [5.74, 6) is 2.54. The zero-order valence-electron chi connectivity index (χ0n) is 16.9. The smallest absolute Gasteiger partial charge is 0.155 e. The van der Waals surface area contributed by atoms with Gasteiger partial charge < -0.3 is 0 Å². The van der Waals surface area contributed by atoms with Gasteiger partial charge in [-0.05, 0) is 90.4 Å². The van der Waals surface area contributed by atoms with Crippen LogP contribution < -0.4 is 0 Å². The second kappa shape index (κ2) is 5.65. The first kappa shape index (κ1) is 15.4. The van der Waals surface area contributed by atoms with E-state index in [-0.39, 0.29) is 10.8 Å². The molecule has 2 saturated carbocycles. The molecule has 3 unspecified atom stereocenters. The molecule has 26 heavy (non-hydrogen) atoms. The fourth-order valence-corrected chi connectivity index (χ4v) is 7.05. The van der Waals surface area contributed by atoms with E-state index in [1.807, 2.05) is 18.3 Å². The maximum absolute atomic E-state index is 12.0. The highest BCUT2D eigenvalue weighted by Gasteiger charge is 2.57. The number of carbonyl (C=O) groups excluding carboxylic acids is 1. The van der Waals surface area contributed by atoms with Gasteiger partial charge in [0.05, 0.1) is 1.37 Å². The molecule has 1 aromatic rings. The normalized spacial score (nSPS) is 42.2. The van der Waals surface area contributed by atoms with Crippen LogP contribution in [0.15, 0.2) is 42.2 Å². The first-order valence-electron chi connectivity index (χ1n) is 10.8. The third kappa shape index (κ3) is 2.17. The molecule has 0 radical (unpaired) electrons. The van der Waals surface area contributed by atoms with Gasteiger partial charge >= 0.3 is 0 Å². The van der Waals surface area contributed by atoms with Crippen LogP contribution in [0.25, 0.3) is 5.57 Å². The largest absolute Gasteiger partial charge is 0.295 e. The van der Waals surface area contributed by atoms with Crippen LogP contribution in [0.3, 0.4) is 0 Å². The van der Waals surface area contributed by atoms with E-state index < -0.39 is 0 Å². The SMILES string of the molecule is [2H]c1ccc(C2=CCC3C4CCC5=CC(=O)CC[C@]5(C)C4CC[C@]23C)cn1. The zero-order valence-corrected chi connectivity index (χ0v) is 15.9. The van der Waals surface area contributed by atoms with E-state index >= 15 is 0 Å². The maximum atomic E-state index is 12.0. The Labute approximate surface area is 158 Å². The summed E-state index contributed by atoms with van der Waals surface area (Å²) in [6, 6.07) is 3.90. The fraction of sp³-hybridized carbons (Fsp3) is 0.583. The number of carbonyl (C=O) groups is 1. The van der Waals surface area contributed by atoms with Crippen LogP contribution in [-0.4, -0.2) is 10.8 Å². The van der Waals surface area contributed by atoms with Gasteiger partial charge in [0.2, 0.25) is 0 Å². The summed E-state index contributed by atoms with van der Waals surface area (Å²) in [5.41, 5.74) is 4.60. The van der Waals surface area contributed by atoms with Crippen LogP contribution in [0.5, 0.6) is 0 Å². The van der Waals surface area contributed by atoms with Crippen molar-refractivity contribution in [3.63, 3.8) is 0 Å². The number of pyridine rings is 1. The molecule has 1 heterocycles. The minimum Gasteiger partial charge on any atom is -0.295 e. The van der Waals surface area contributed by atoms with Crippen LogP contribution >= 0.6 is 0 Å². The summed E-state index contributed by atoms with van der Waals surface area (Å²) < 4.78 is 7.68. The molecule has 2 nitrogen and oxygen atoms in total. The van der Waals surface area contributed by atoms with E-state index in [1.54, 1.807) is 0 Å². The van der Waals surface area contributed by atoms with Crippen molar-refractivity contribution in [1.82, 2.24) is 4.98 Å². The molecule has 0 aromatic carbocycles.